The van der Waals surface area contributed by atoms with Crippen LogP contribution < -0.4 is 5.32 Å². The van der Waals surface area contributed by atoms with Crippen molar-refractivity contribution in [1.29, 1.82) is 0 Å². The van der Waals surface area contributed by atoms with Gasteiger partial charge in [-0.1, -0.05) is 0 Å². The Hall–Kier alpha value is -0.260. The third-order valence-electron chi connectivity index (χ3n) is 4.32. The van der Waals surface area contributed by atoms with E-state index in [1.165, 1.54) is 6.42 Å². The molecule has 0 aromatic carbocycles. The van der Waals surface area contributed by atoms with Crippen molar-refractivity contribution in [3.8, 4) is 0 Å². The molecule has 5 heteroatoms. The zero-order valence-corrected chi connectivity index (χ0v) is 10.9. The molecule has 3 rings (SSSR count). The molecule has 0 aromatic rings. The number of likely N-dealkylation sites (tertiary alicyclic amines) is 1. The van der Waals surface area contributed by atoms with Gasteiger partial charge in [0.25, 0.3) is 0 Å². The number of thioether (sulfide) groups is 1. The highest BCUT2D eigenvalue weighted by molar-refractivity contribution is 7.99. The number of hydrogen-bond donors (Lipinski definition) is 1. The number of nitrogens with zero attached hydrogens (tertiary/aromatic N) is 1. The Kier molecular flexibility index (Phi) is 3.32. The summed E-state index contributed by atoms with van der Waals surface area (Å²) in [4.78, 5) is 14.4. The lowest BCUT2D eigenvalue weighted by Gasteiger charge is -2.33. The summed E-state index contributed by atoms with van der Waals surface area (Å²) >= 11 is 1.82. The minimum absolute atomic E-state index is 0.0648. The summed E-state index contributed by atoms with van der Waals surface area (Å²) in [6.45, 7) is 3.65. The van der Waals surface area contributed by atoms with Gasteiger partial charge in [0.05, 0.1) is 6.04 Å². The largest absolute Gasteiger partial charge is 0.381 e. The predicted molar refractivity (Wildman–Crippen MR) is 67.9 cm³/mol. The first-order valence-electron chi connectivity index (χ1n) is 6.47. The van der Waals surface area contributed by atoms with Crippen molar-refractivity contribution < 1.29 is 9.53 Å². The van der Waals surface area contributed by atoms with Gasteiger partial charge < -0.3 is 9.64 Å². The topological polar surface area (TPSA) is 41.6 Å². The summed E-state index contributed by atoms with van der Waals surface area (Å²) in [5.41, 5.74) is 0.375. The molecule has 3 heterocycles. The van der Waals surface area contributed by atoms with Gasteiger partial charge in [-0.15, -0.1) is 11.8 Å². The minimum Gasteiger partial charge on any atom is -0.381 e. The minimum atomic E-state index is 0.0648. The molecule has 96 valence electrons. The summed E-state index contributed by atoms with van der Waals surface area (Å²) in [7, 11) is 0. The number of ether oxygens (including phenoxy) is 1. The molecule has 0 radical (unpaired) electrons. The van der Waals surface area contributed by atoms with Gasteiger partial charge in [-0.3, -0.25) is 10.1 Å². The normalized spacial score (nSPS) is 32.2. The zero-order valence-electron chi connectivity index (χ0n) is 10.1. The summed E-state index contributed by atoms with van der Waals surface area (Å²) in [5.74, 6) is 2.17. The highest BCUT2D eigenvalue weighted by Gasteiger charge is 2.42. The van der Waals surface area contributed by atoms with Crippen molar-refractivity contribution in [3.63, 3.8) is 0 Å². The number of amides is 1. The van der Waals surface area contributed by atoms with Crippen LogP contribution in [0.25, 0.3) is 0 Å². The second-order valence-corrected chi connectivity index (χ2v) is 6.42. The lowest BCUT2D eigenvalue weighted by atomic mass is 9.80. The summed E-state index contributed by atoms with van der Waals surface area (Å²) in [5, 5.41) is 3.27. The van der Waals surface area contributed by atoms with Crippen LogP contribution in [0.1, 0.15) is 19.3 Å². The van der Waals surface area contributed by atoms with Crippen LogP contribution in [0.2, 0.25) is 0 Å². The SMILES string of the molecule is O=C(C1CSCN1)N1CCC2(CCOCC2)C1. The molecule has 1 N–H and O–H groups in total. The maximum atomic E-state index is 12.3. The van der Waals surface area contributed by atoms with Crippen LogP contribution in [0.4, 0.5) is 0 Å². The molecule has 1 unspecified atom stereocenters. The second kappa shape index (κ2) is 4.78. The van der Waals surface area contributed by atoms with Gasteiger partial charge in [0.15, 0.2) is 0 Å². The third-order valence-corrected chi connectivity index (χ3v) is 5.26. The van der Waals surface area contributed by atoms with Crippen LogP contribution in [-0.4, -0.2) is 54.8 Å². The molecule has 3 aliphatic heterocycles. The van der Waals surface area contributed by atoms with E-state index >= 15 is 0 Å². The molecule has 4 nitrogen and oxygen atoms in total. The molecule has 0 aromatic heterocycles. The highest BCUT2D eigenvalue weighted by atomic mass is 32.2. The Bertz CT molecular complexity index is 299. The number of carbonyl (C=O) groups is 1. The Morgan fingerprint density at radius 1 is 1.35 bits per heavy atom. The second-order valence-electron chi connectivity index (χ2n) is 5.39. The Balaban J connectivity index is 1.60. The lowest BCUT2D eigenvalue weighted by molar-refractivity contribution is -0.132. The average molecular weight is 256 g/mol. The summed E-state index contributed by atoms with van der Waals surface area (Å²) in [6.07, 6.45) is 3.43. The molecule has 0 saturated carbocycles. The van der Waals surface area contributed by atoms with Crippen molar-refractivity contribution in [2.45, 2.75) is 25.3 Å². The third kappa shape index (κ3) is 2.33. The standard InChI is InChI=1S/C12H20N2O2S/c15-11(10-7-17-9-13-10)14-4-1-12(8-14)2-5-16-6-3-12/h10,13H,1-9H2. The van der Waals surface area contributed by atoms with E-state index in [9.17, 15) is 4.79 Å². The van der Waals surface area contributed by atoms with Gasteiger partial charge in [0.2, 0.25) is 5.91 Å². The van der Waals surface area contributed by atoms with E-state index in [2.05, 4.69) is 10.2 Å². The van der Waals surface area contributed by atoms with Crippen molar-refractivity contribution in [3.05, 3.63) is 0 Å². The first-order chi connectivity index (χ1) is 8.29. The fourth-order valence-electron chi connectivity index (χ4n) is 3.11. The van der Waals surface area contributed by atoms with E-state index in [4.69, 9.17) is 4.74 Å². The van der Waals surface area contributed by atoms with Crippen molar-refractivity contribution in [2.24, 2.45) is 5.41 Å². The fraction of sp³-hybridized carbons (Fsp3) is 0.917. The first-order valence-corrected chi connectivity index (χ1v) is 7.62. The molecule has 0 bridgehead atoms. The molecule has 1 atom stereocenters. The van der Waals surface area contributed by atoms with Gasteiger partial charge in [0.1, 0.15) is 0 Å². The van der Waals surface area contributed by atoms with Gasteiger partial charge >= 0.3 is 0 Å². The molecule has 1 spiro atoms. The first kappa shape index (κ1) is 11.8. The van der Waals surface area contributed by atoms with Crippen LogP contribution in [0.5, 0.6) is 0 Å². The maximum absolute atomic E-state index is 12.3. The molecule has 3 saturated heterocycles. The van der Waals surface area contributed by atoms with Crippen molar-refractivity contribution in [2.75, 3.05) is 37.9 Å². The maximum Gasteiger partial charge on any atom is 0.240 e. The molecule has 17 heavy (non-hydrogen) atoms. The van der Waals surface area contributed by atoms with Crippen LogP contribution in [0.15, 0.2) is 0 Å². The highest BCUT2D eigenvalue weighted by Crippen LogP contribution is 2.39. The number of carbonyl (C=O) groups excluding carboxylic acids is 1. The molecular formula is C12H20N2O2S. The Morgan fingerprint density at radius 2 is 2.18 bits per heavy atom. The van der Waals surface area contributed by atoms with Gasteiger partial charge in [-0.25, -0.2) is 0 Å². The van der Waals surface area contributed by atoms with E-state index < -0.39 is 0 Å². The van der Waals surface area contributed by atoms with E-state index in [0.29, 0.717) is 11.3 Å². The number of rotatable bonds is 1. The summed E-state index contributed by atoms with van der Waals surface area (Å²) < 4.78 is 5.43. The summed E-state index contributed by atoms with van der Waals surface area (Å²) in [6, 6.07) is 0.0648. The molecule has 3 aliphatic rings. The quantitative estimate of drug-likeness (QED) is 0.749. The van der Waals surface area contributed by atoms with Crippen molar-refractivity contribution in [1.82, 2.24) is 10.2 Å². The Labute approximate surface area is 106 Å². The van der Waals surface area contributed by atoms with Gasteiger partial charge in [-0.05, 0) is 24.7 Å². The van der Waals surface area contributed by atoms with Gasteiger partial charge in [-0.2, -0.15) is 0 Å². The van der Waals surface area contributed by atoms with Crippen LogP contribution >= 0.6 is 11.8 Å². The smallest absolute Gasteiger partial charge is 0.240 e. The average Bonchev–Trinajstić information content (AvgIpc) is 2.99. The zero-order chi connectivity index (χ0) is 11.7. The van der Waals surface area contributed by atoms with E-state index in [0.717, 1.165) is 50.8 Å². The molecule has 0 aliphatic carbocycles. The van der Waals surface area contributed by atoms with E-state index in [1.54, 1.807) is 0 Å². The Morgan fingerprint density at radius 3 is 2.88 bits per heavy atom. The molecular weight excluding hydrogens is 236 g/mol. The molecule has 1 amide bonds. The van der Waals surface area contributed by atoms with Crippen LogP contribution in [0, 0.1) is 5.41 Å². The van der Waals surface area contributed by atoms with Crippen LogP contribution in [-0.2, 0) is 9.53 Å². The number of nitrogens with one attached hydrogen (secondary N) is 1. The number of hydrogen-bond acceptors (Lipinski definition) is 4. The van der Waals surface area contributed by atoms with Gasteiger partial charge in [0, 0.05) is 37.9 Å². The molecule has 3 fully saturated rings. The van der Waals surface area contributed by atoms with E-state index in [-0.39, 0.29) is 6.04 Å². The lowest BCUT2D eigenvalue weighted by Crippen LogP contribution is -2.45. The fourth-order valence-corrected chi connectivity index (χ4v) is 4.04. The monoisotopic (exact) mass is 256 g/mol. The van der Waals surface area contributed by atoms with Crippen LogP contribution in [0.3, 0.4) is 0 Å². The predicted octanol–water partition coefficient (Wildman–Crippen LogP) is 0.678. The van der Waals surface area contributed by atoms with E-state index in [1.807, 2.05) is 11.8 Å². The van der Waals surface area contributed by atoms with Crippen molar-refractivity contribution >= 4 is 17.7 Å².